The smallest absolute Gasteiger partial charge is 0.252 e. The summed E-state index contributed by atoms with van der Waals surface area (Å²) in [5.41, 5.74) is 3.57. The molecule has 9 nitrogen and oxygen atoms in total. The fourth-order valence-electron chi connectivity index (χ4n) is 4.65. The number of aryl methyl sites for hydroxylation is 1. The van der Waals surface area contributed by atoms with Gasteiger partial charge in [-0.3, -0.25) is 9.69 Å². The van der Waals surface area contributed by atoms with Gasteiger partial charge in [0, 0.05) is 17.6 Å². The number of aromatic nitrogens is 5. The Hall–Kier alpha value is -4.24. The lowest BCUT2D eigenvalue weighted by atomic mass is 10.1. The standard InChI is InChI=1S/C28H30N6O3/c1-4-26(27-30-31-32-34(27)16-20-8-11-23(36-3)12-9-20)33(18-24-6-5-13-37-24)17-22-15-21-10-7-19(2)14-25(21)29-28(22)35/h5-15,26H,4,16-18H2,1-3H3,(H,29,35)/t26-/m1/s1. The summed E-state index contributed by atoms with van der Waals surface area (Å²) in [5.74, 6) is 2.34. The summed E-state index contributed by atoms with van der Waals surface area (Å²) >= 11 is 0. The molecule has 0 amide bonds. The minimum atomic E-state index is -0.147. The number of rotatable bonds is 10. The molecule has 1 atom stereocenters. The fraction of sp³-hybridized carbons (Fsp3) is 0.286. The number of fused-ring (bicyclic) bond motifs is 1. The lowest BCUT2D eigenvalue weighted by Gasteiger charge is -2.29. The van der Waals surface area contributed by atoms with Crippen LogP contribution in [0.3, 0.4) is 0 Å². The van der Waals surface area contributed by atoms with E-state index in [9.17, 15) is 4.79 Å². The Labute approximate surface area is 214 Å². The number of furan rings is 1. The third kappa shape index (κ3) is 5.46. The minimum absolute atomic E-state index is 0.102. The van der Waals surface area contributed by atoms with Gasteiger partial charge >= 0.3 is 0 Å². The average Bonchev–Trinajstić information content (AvgIpc) is 3.58. The number of benzene rings is 2. The zero-order valence-electron chi connectivity index (χ0n) is 21.2. The van der Waals surface area contributed by atoms with Crippen molar-refractivity contribution in [2.24, 2.45) is 0 Å². The summed E-state index contributed by atoms with van der Waals surface area (Å²) in [6, 6.07) is 19.6. The van der Waals surface area contributed by atoms with E-state index in [2.05, 4.69) is 32.3 Å². The van der Waals surface area contributed by atoms with Crippen molar-refractivity contribution in [1.82, 2.24) is 30.1 Å². The van der Waals surface area contributed by atoms with Crippen LogP contribution in [0.5, 0.6) is 5.75 Å². The number of methoxy groups -OCH3 is 1. The predicted octanol–water partition coefficient (Wildman–Crippen LogP) is 4.63. The molecule has 0 unspecified atom stereocenters. The quantitative estimate of drug-likeness (QED) is 0.300. The SMILES string of the molecule is CC[C@H](c1nnnn1Cc1ccc(OC)cc1)N(Cc1ccco1)Cc1cc2ccc(C)cc2[nH]c1=O. The third-order valence-corrected chi connectivity index (χ3v) is 6.57. The highest BCUT2D eigenvalue weighted by Gasteiger charge is 2.27. The number of pyridine rings is 1. The fourth-order valence-corrected chi connectivity index (χ4v) is 4.65. The second-order valence-corrected chi connectivity index (χ2v) is 9.17. The van der Waals surface area contributed by atoms with E-state index >= 15 is 0 Å². The van der Waals surface area contributed by atoms with Crippen molar-refractivity contribution in [2.75, 3.05) is 7.11 Å². The van der Waals surface area contributed by atoms with E-state index in [-0.39, 0.29) is 11.6 Å². The van der Waals surface area contributed by atoms with Gasteiger partial charge in [-0.05, 0) is 76.7 Å². The van der Waals surface area contributed by atoms with Crippen molar-refractivity contribution < 1.29 is 9.15 Å². The third-order valence-electron chi connectivity index (χ3n) is 6.57. The average molecular weight is 499 g/mol. The van der Waals surface area contributed by atoms with Gasteiger partial charge < -0.3 is 14.1 Å². The number of hydrogen-bond acceptors (Lipinski definition) is 7. The maximum absolute atomic E-state index is 13.1. The number of H-pyrrole nitrogens is 1. The summed E-state index contributed by atoms with van der Waals surface area (Å²) in [4.78, 5) is 18.3. The number of tetrazole rings is 1. The van der Waals surface area contributed by atoms with Gasteiger partial charge in [-0.2, -0.15) is 0 Å². The zero-order chi connectivity index (χ0) is 25.8. The van der Waals surface area contributed by atoms with Crippen LogP contribution in [-0.4, -0.2) is 37.2 Å². The molecule has 0 radical (unpaired) electrons. The van der Waals surface area contributed by atoms with Gasteiger partial charge in [-0.15, -0.1) is 5.10 Å². The van der Waals surface area contributed by atoms with E-state index in [0.717, 1.165) is 45.8 Å². The van der Waals surface area contributed by atoms with Crippen LogP contribution >= 0.6 is 0 Å². The molecule has 1 N–H and O–H groups in total. The molecule has 0 bridgehead atoms. The topological polar surface area (TPSA) is 102 Å². The van der Waals surface area contributed by atoms with Crippen LogP contribution in [-0.2, 0) is 19.6 Å². The lowest BCUT2D eigenvalue weighted by molar-refractivity contribution is 0.149. The summed E-state index contributed by atoms with van der Waals surface area (Å²) in [7, 11) is 1.65. The molecule has 2 aromatic carbocycles. The van der Waals surface area contributed by atoms with Crippen LogP contribution in [0.2, 0.25) is 0 Å². The molecule has 190 valence electrons. The summed E-state index contributed by atoms with van der Waals surface area (Å²) in [5, 5.41) is 13.7. The monoisotopic (exact) mass is 498 g/mol. The minimum Gasteiger partial charge on any atom is -0.497 e. The Bertz CT molecular complexity index is 1520. The highest BCUT2D eigenvalue weighted by Crippen LogP contribution is 2.27. The Balaban J connectivity index is 1.48. The molecule has 9 heteroatoms. The molecule has 0 saturated heterocycles. The Morgan fingerprint density at radius 2 is 1.95 bits per heavy atom. The molecule has 0 spiro atoms. The number of hydrogen-bond donors (Lipinski definition) is 1. The maximum Gasteiger partial charge on any atom is 0.252 e. The van der Waals surface area contributed by atoms with Crippen LogP contribution in [0.1, 0.15) is 47.7 Å². The van der Waals surface area contributed by atoms with Crippen LogP contribution in [0.15, 0.2) is 76.1 Å². The molecule has 3 heterocycles. The summed E-state index contributed by atoms with van der Waals surface area (Å²) in [6.07, 6.45) is 2.40. The van der Waals surface area contributed by atoms with E-state index in [1.54, 1.807) is 13.4 Å². The highest BCUT2D eigenvalue weighted by atomic mass is 16.5. The van der Waals surface area contributed by atoms with E-state index in [4.69, 9.17) is 9.15 Å². The van der Waals surface area contributed by atoms with Crippen molar-refractivity contribution >= 4 is 10.9 Å². The second kappa shape index (κ2) is 10.8. The van der Waals surface area contributed by atoms with Gasteiger partial charge in [-0.25, -0.2) is 4.68 Å². The first-order valence-corrected chi connectivity index (χ1v) is 12.3. The van der Waals surface area contributed by atoms with Crippen LogP contribution < -0.4 is 10.3 Å². The normalized spacial score (nSPS) is 12.3. The molecule has 37 heavy (non-hydrogen) atoms. The maximum atomic E-state index is 13.1. The number of nitrogens with zero attached hydrogens (tertiary/aromatic N) is 5. The molecule has 0 aliphatic carbocycles. The molecule has 3 aromatic heterocycles. The van der Waals surface area contributed by atoms with E-state index in [0.29, 0.717) is 25.2 Å². The lowest BCUT2D eigenvalue weighted by Crippen LogP contribution is -2.32. The van der Waals surface area contributed by atoms with Crippen LogP contribution in [0.25, 0.3) is 10.9 Å². The van der Waals surface area contributed by atoms with E-state index in [1.165, 1.54) is 0 Å². The predicted molar refractivity (Wildman–Crippen MR) is 140 cm³/mol. The first-order chi connectivity index (χ1) is 18.0. The highest BCUT2D eigenvalue weighted by molar-refractivity contribution is 5.79. The van der Waals surface area contributed by atoms with Gasteiger partial charge in [0.1, 0.15) is 11.5 Å². The Kier molecular flexibility index (Phi) is 7.14. The van der Waals surface area contributed by atoms with Crippen LogP contribution in [0, 0.1) is 6.92 Å². The Morgan fingerprint density at radius 3 is 2.68 bits per heavy atom. The van der Waals surface area contributed by atoms with E-state index < -0.39 is 0 Å². The number of aromatic amines is 1. The van der Waals surface area contributed by atoms with Crippen LogP contribution in [0.4, 0.5) is 0 Å². The molecule has 5 aromatic rings. The first kappa shape index (κ1) is 24.5. The van der Waals surface area contributed by atoms with Crippen molar-refractivity contribution in [3.05, 3.63) is 106 Å². The summed E-state index contributed by atoms with van der Waals surface area (Å²) in [6.45, 7) is 5.55. The van der Waals surface area contributed by atoms with Gasteiger partial charge in [0.15, 0.2) is 5.82 Å². The molecule has 0 aliphatic rings. The molecule has 0 fully saturated rings. The first-order valence-electron chi connectivity index (χ1n) is 12.3. The molecule has 0 saturated carbocycles. The number of ether oxygens (including phenoxy) is 1. The van der Waals surface area contributed by atoms with Crippen molar-refractivity contribution in [2.45, 2.75) is 45.9 Å². The molecule has 5 rings (SSSR count). The number of nitrogens with one attached hydrogen (secondary N) is 1. The Morgan fingerprint density at radius 1 is 1.11 bits per heavy atom. The van der Waals surface area contributed by atoms with Crippen molar-refractivity contribution in [1.29, 1.82) is 0 Å². The molecule has 0 aliphatic heterocycles. The summed E-state index contributed by atoms with van der Waals surface area (Å²) < 4.78 is 12.8. The van der Waals surface area contributed by atoms with Gasteiger partial charge in [0.05, 0.1) is 32.5 Å². The molecular weight excluding hydrogens is 468 g/mol. The van der Waals surface area contributed by atoms with Gasteiger partial charge in [0.2, 0.25) is 0 Å². The second-order valence-electron chi connectivity index (χ2n) is 9.17. The van der Waals surface area contributed by atoms with E-state index in [1.807, 2.05) is 72.3 Å². The van der Waals surface area contributed by atoms with Crippen molar-refractivity contribution in [3.8, 4) is 5.75 Å². The van der Waals surface area contributed by atoms with Crippen molar-refractivity contribution in [3.63, 3.8) is 0 Å². The van der Waals surface area contributed by atoms with Gasteiger partial charge in [0.25, 0.3) is 5.56 Å². The largest absolute Gasteiger partial charge is 0.497 e. The molecular formula is C28H30N6O3. The van der Waals surface area contributed by atoms with Gasteiger partial charge in [-0.1, -0.05) is 31.2 Å². The zero-order valence-corrected chi connectivity index (χ0v) is 21.2.